The van der Waals surface area contributed by atoms with E-state index in [9.17, 15) is 8.42 Å². The van der Waals surface area contributed by atoms with E-state index in [-0.39, 0.29) is 11.5 Å². The molecule has 0 aromatic heterocycles. The standard InChI is InChI=1S/C14H22ClNO2S/c1-2-19(17,18)12-6-10-16(11-9-15)13-14-7-4-3-5-8-14/h3-5,7-8H,2,6,9-13H2,1H3. The van der Waals surface area contributed by atoms with Gasteiger partial charge in [-0.05, 0) is 18.5 Å². The number of sulfone groups is 1. The summed E-state index contributed by atoms with van der Waals surface area (Å²) in [4.78, 5) is 2.20. The Morgan fingerprint density at radius 2 is 1.84 bits per heavy atom. The van der Waals surface area contributed by atoms with Gasteiger partial charge >= 0.3 is 0 Å². The van der Waals surface area contributed by atoms with Gasteiger partial charge in [0, 0.05) is 24.7 Å². The van der Waals surface area contributed by atoms with Crippen molar-refractivity contribution in [3.63, 3.8) is 0 Å². The molecule has 0 radical (unpaired) electrons. The van der Waals surface area contributed by atoms with Gasteiger partial charge in [0.25, 0.3) is 0 Å². The molecule has 19 heavy (non-hydrogen) atoms. The largest absolute Gasteiger partial charge is 0.298 e. The fourth-order valence-corrected chi connectivity index (χ4v) is 2.98. The normalized spacial score (nSPS) is 11.9. The highest BCUT2D eigenvalue weighted by molar-refractivity contribution is 7.91. The van der Waals surface area contributed by atoms with Crippen LogP contribution in [0, 0.1) is 0 Å². The van der Waals surface area contributed by atoms with Crippen LogP contribution in [0.4, 0.5) is 0 Å². The number of alkyl halides is 1. The van der Waals surface area contributed by atoms with Crippen molar-refractivity contribution in [3.8, 4) is 0 Å². The van der Waals surface area contributed by atoms with Crippen molar-refractivity contribution in [1.82, 2.24) is 4.90 Å². The van der Waals surface area contributed by atoms with Crippen LogP contribution in [0.3, 0.4) is 0 Å². The molecule has 0 heterocycles. The van der Waals surface area contributed by atoms with Gasteiger partial charge in [0.05, 0.1) is 5.75 Å². The summed E-state index contributed by atoms with van der Waals surface area (Å²) in [5.74, 6) is 1.05. The summed E-state index contributed by atoms with van der Waals surface area (Å²) in [6.07, 6.45) is 0.667. The van der Waals surface area contributed by atoms with Crippen molar-refractivity contribution < 1.29 is 8.42 Å². The number of nitrogens with zero attached hydrogens (tertiary/aromatic N) is 1. The molecule has 1 aromatic carbocycles. The van der Waals surface area contributed by atoms with E-state index in [0.717, 1.165) is 19.6 Å². The van der Waals surface area contributed by atoms with E-state index in [0.29, 0.717) is 12.3 Å². The Morgan fingerprint density at radius 1 is 1.16 bits per heavy atom. The van der Waals surface area contributed by atoms with Crippen molar-refractivity contribution in [1.29, 1.82) is 0 Å². The minimum atomic E-state index is -2.86. The van der Waals surface area contributed by atoms with Gasteiger partial charge in [0.15, 0.2) is 0 Å². The monoisotopic (exact) mass is 303 g/mol. The zero-order valence-electron chi connectivity index (χ0n) is 11.4. The maximum absolute atomic E-state index is 11.5. The van der Waals surface area contributed by atoms with Crippen molar-refractivity contribution in [2.45, 2.75) is 19.9 Å². The van der Waals surface area contributed by atoms with E-state index < -0.39 is 9.84 Å². The number of halogens is 1. The first-order valence-electron chi connectivity index (χ1n) is 6.60. The molecule has 0 fully saturated rings. The molecular weight excluding hydrogens is 282 g/mol. The molecule has 1 rings (SSSR count). The van der Waals surface area contributed by atoms with E-state index in [4.69, 9.17) is 11.6 Å². The van der Waals surface area contributed by atoms with Crippen molar-refractivity contribution in [2.24, 2.45) is 0 Å². The molecule has 0 atom stereocenters. The highest BCUT2D eigenvalue weighted by Crippen LogP contribution is 2.06. The summed E-state index contributed by atoms with van der Waals surface area (Å²) in [5.41, 5.74) is 1.23. The second-order valence-corrected chi connectivity index (χ2v) is 7.39. The molecule has 0 aliphatic carbocycles. The van der Waals surface area contributed by atoms with Crippen LogP contribution in [-0.4, -0.2) is 43.8 Å². The van der Waals surface area contributed by atoms with Gasteiger partial charge in [-0.15, -0.1) is 11.6 Å². The molecular formula is C14H22ClNO2S. The predicted octanol–water partition coefficient (Wildman–Crippen LogP) is 2.55. The highest BCUT2D eigenvalue weighted by atomic mass is 35.5. The first-order valence-corrected chi connectivity index (χ1v) is 8.95. The van der Waals surface area contributed by atoms with E-state index in [1.165, 1.54) is 5.56 Å². The van der Waals surface area contributed by atoms with Crippen LogP contribution in [0.25, 0.3) is 0 Å². The average Bonchev–Trinajstić information content (AvgIpc) is 2.40. The topological polar surface area (TPSA) is 37.4 Å². The molecule has 1 aromatic rings. The summed E-state index contributed by atoms with van der Waals surface area (Å²) in [5, 5.41) is 0. The van der Waals surface area contributed by atoms with Crippen LogP contribution >= 0.6 is 11.6 Å². The minimum absolute atomic E-state index is 0.223. The fourth-order valence-electron chi connectivity index (χ4n) is 1.88. The van der Waals surface area contributed by atoms with Crippen LogP contribution in [0.2, 0.25) is 0 Å². The lowest BCUT2D eigenvalue weighted by molar-refractivity contribution is 0.282. The Balaban J connectivity index is 2.45. The molecule has 0 saturated heterocycles. The lowest BCUT2D eigenvalue weighted by atomic mass is 10.2. The van der Waals surface area contributed by atoms with Crippen LogP contribution in [0.1, 0.15) is 18.9 Å². The smallest absolute Gasteiger partial charge is 0.150 e. The van der Waals surface area contributed by atoms with Crippen LogP contribution in [0.5, 0.6) is 0 Å². The van der Waals surface area contributed by atoms with Crippen LogP contribution < -0.4 is 0 Å². The Labute approximate surface area is 121 Å². The van der Waals surface area contributed by atoms with Crippen LogP contribution in [0.15, 0.2) is 30.3 Å². The van der Waals surface area contributed by atoms with E-state index in [1.807, 2.05) is 18.2 Å². The molecule has 0 N–H and O–H groups in total. The first kappa shape index (κ1) is 16.5. The van der Waals surface area contributed by atoms with Gasteiger partial charge in [-0.1, -0.05) is 37.3 Å². The fraction of sp³-hybridized carbons (Fsp3) is 0.571. The molecule has 0 bridgehead atoms. The van der Waals surface area contributed by atoms with Gasteiger partial charge in [0.2, 0.25) is 0 Å². The van der Waals surface area contributed by atoms with Crippen molar-refractivity contribution >= 4 is 21.4 Å². The molecule has 0 spiro atoms. The summed E-state index contributed by atoms with van der Waals surface area (Å²) >= 11 is 5.80. The zero-order valence-corrected chi connectivity index (χ0v) is 13.0. The van der Waals surface area contributed by atoms with Crippen LogP contribution in [-0.2, 0) is 16.4 Å². The third kappa shape index (κ3) is 6.95. The predicted molar refractivity (Wildman–Crippen MR) is 81.4 cm³/mol. The molecule has 0 aliphatic rings. The maximum atomic E-state index is 11.5. The highest BCUT2D eigenvalue weighted by Gasteiger charge is 2.10. The molecule has 0 saturated carbocycles. The average molecular weight is 304 g/mol. The van der Waals surface area contributed by atoms with Gasteiger partial charge in [-0.25, -0.2) is 8.42 Å². The number of hydrogen-bond donors (Lipinski definition) is 0. The molecule has 0 amide bonds. The molecule has 0 aliphatic heterocycles. The Kier molecular flexibility index (Phi) is 7.42. The Morgan fingerprint density at radius 3 is 2.42 bits per heavy atom. The Bertz CT molecular complexity index is 448. The second-order valence-electron chi connectivity index (χ2n) is 4.54. The van der Waals surface area contributed by atoms with E-state index in [1.54, 1.807) is 6.92 Å². The van der Waals surface area contributed by atoms with Crippen molar-refractivity contribution in [2.75, 3.05) is 30.5 Å². The molecule has 3 nitrogen and oxygen atoms in total. The summed E-state index contributed by atoms with van der Waals surface area (Å²) in [7, 11) is -2.86. The minimum Gasteiger partial charge on any atom is -0.298 e. The molecule has 108 valence electrons. The van der Waals surface area contributed by atoms with Gasteiger partial charge in [-0.3, -0.25) is 4.90 Å². The van der Waals surface area contributed by atoms with Gasteiger partial charge < -0.3 is 0 Å². The summed E-state index contributed by atoms with van der Waals surface area (Å²) < 4.78 is 22.9. The van der Waals surface area contributed by atoms with E-state index in [2.05, 4.69) is 17.0 Å². The third-order valence-corrected chi connectivity index (χ3v) is 4.98. The lowest BCUT2D eigenvalue weighted by Crippen LogP contribution is -2.28. The number of hydrogen-bond acceptors (Lipinski definition) is 3. The van der Waals surface area contributed by atoms with Gasteiger partial charge in [-0.2, -0.15) is 0 Å². The van der Waals surface area contributed by atoms with Gasteiger partial charge in [0.1, 0.15) is 9.84 Å². The lowest BCUT2D eigenvalue weighted by Gasteiger charge is -2.21. The maximum Gasteiger partial charge on any atom is 0.150 e. The Hall–Kier alpha value is -0.580. The van der Waals surface area contributed by atoms with Crippen molar-refractivity contribution in [3.05, 3.63) is 35.9 Å². The SMILES string of the molecule is CCS(=O)(=O)CCCN(CCCl)Cc1ccccc1. The molecule has 5 heteroatoms. The molecule has 0 unspecified atom stereocenters. The van der Waals surface area contributed by atoms with E-state index >= 15 is 0 Å². The zero-order chi connectivity index (χ0) is 14.1. The quantitative estimate of drug-likeness (QED) is 0.658. The summed E-state index contributed by atoms with van der Waals surface area (Å²) in [6.45, 7) is 4.05. The third-order valence-electron chi connectivity index (χ3n) is 3.02. The second kappa shape index (κ2) is 8.56. The number of rotatable bonds is 9. The number of benzene rings is 1. The first-order chi connectivity index (χ1) is 9.07. The summed E-state index contributed by atoms with van der Waals surface area (Å²) in [6, 6.07) is 10.2.